The van der Waals surface area contributed by atoms with Crippen molar-refractivity contribution in [3.63, 3.8) is 0 Å². The van der Waals surface area contributed by atoms with Crippen molar-refractivity contribution in [1.29, 1.82) is 0 Å². The lowest BCUT2D eigenvalue weighted by Gasteiger charge is -2.23. The zero-order valence-electron chi connectivity index (χ0n) is 27.5. The van der Waals surface area contributed by atoms with Gasteiger partial charge in [-0.15, -0.1) is 0 Å². The van der Waals surface area contributed by atoms with E-state index in [0.717, 1.165) is 12.8 Å². The van der Waals surface area contributed by atoms with Crippen molar-refractivity contribution in [3.05, 3.63) is 83.6 Å². The summed E-state index contributed by atoms with van der Waals surface area (Å²) in [5, 5.41) is 15.6. The third-order valence-corrected chi connectivity index (χ3v) is 8.44. The number of hydrogen-bond acceptors (Lipinski definition) is 10. The molecule has 15 heteroatoms. The van der Waals surface area contributed by atoms with Gasteiger partial charge in [0.05, 0.1) is 31.1 Å². The number of para-hydroxylation sites is 1. The van der Waals surface area contributed by atoms with Crippen LogP contribution in [0.15, 0.2) is 60.9 Å². The number of carbonyl (C=O) groups excluding carboxylic acids is 2. The van der Waals surface area contributed by atoms with Crippen molar-refractivity contribution in [2.24, 2.45) is 0 Å². The second-order valence-electron chi connectivity index (χ2n) is 11.7. The Bertz CT molecular complexity index is 1770. The summed E-state index contributed by atoms with van der Waals surface area (Å²) in [5.41, 5.74) is 3.21. The maximum Gasteiger partial charge on any atom is 0.320 e. The van der Waals surface area contributed by atoms with Crippen LogP contribution in [0.5, 0.6) is 5.88 Å². The number of hydroxylamine groups is 2. The molecule has 3 amide bonds. The Morgan fingerprint density at radius 2 is 1.86 bits per heavy atom. The number of ether oxygens (including phenoxy) is 3. The Hall–Kier alpha value is -4.96. The van der Waals surface area contributed by atoms with Gasteiger partial charge in [-0.25, -0.2) is 19.4 Å². The molecule has 2 atom stereocenters. The van der Waals surface area contributed by atoms with Crippen LogP contribution in [0.2, 0.25) is 0 Å². The molecule has 6 rings (SSSR count). The molecule has 4 aromatic rings. The number of methoxy groups -OCH3 is 2. The highest BCUT2D eigenvalue weighted by atomic mass is 19.1. The molecular weight excluding hydrogens is 635 g/mol. The molecule has 0 aliphatic carbocycles. The van der Waals surface area contributed by atoms with E-state index < -0.39 is 24.1 Å². The number of anilines is 1. The number of pyridine rings is 2. The van der Waals surface area contributed by atoms with Crippen LogP contribution < -0.4 is 20.7 Å². The zero-order valence-corrected chi connectivity index (χ0v) is 27.5. The van der Waals surface area contributed by atoms with Crippen LogP contribution in [0.3, 0.4) is 0 Å². The number of halogens is 1. The summed E-state index contributed by atoms with van der Waals surface area (Å²) in [6.07, 6.45) is 3.72. The Kier molecular flexibility index (Phi) is 10.7. The monoisotopic (exact) mass is 674 g/mol. The summed E-state index contributed by atoms with van der Waals surface area (Å²) >= 11 is 0. The van der Waals surface area contributed by atoms with E-state index in [0.29, 0.717) is 66.8 Å². The van der Waals surface area contributed by atoms with Gasteiger partial charge in [0, 0.05) is 63.0 Å². The molecule has 2 aliphatic heterocycles. The molecule has 49 heavy (non-hydrogen) atoms. The number of benzene rings is 1. The molecule has 1 aromatic carbocycles. The first-order valence-electron chi connectivity index (χ1n) is 16.0. The fourth-order valence-electron chi connectivity index (χ4n) is 5.94. The lowest BCUT2D eigenvalue weighted by atomic mass is 10.0. The first-order chi connectivity index (χ1) is 23.8. The highest BCUT2D eigenvalue weighted by Gasteiger charge is 2.37. The third kappa shape index (κ3) is 7.86. The van der Waals surface area contributed by atoms with Gasteiger partial charge >= 0.3 is 6.03 Å². The van der Waals surface area contributed by atoms with E-state index in [1.165, 1.54) is 19.4 Å². The smallest absolute Gasteiger partial charge is 0.320 e. The number of nitrogens with one attached hydrogen (secondary N) is 3. The molecular formula is C34H39FN8O6. The van der Waals surface area contributed by atoms with Crippen molar-refractivity contribution in [2.45, 2.75) is 38.0 Å². The molecule has 0 saturated carbocycles. The lowest BCUT2D eigenvalue weighted by Crippen LogP contribution is -2.42. The summed E-state index contributed by atoms with van der Waals surface area (Å²) in [4.78, 5) is 41.2. The minimum atomic E-state index is -0.660. The largest absolute Gasteiger partial charge is 0.480 e. The van der Waals surface area contributed by atoms with Crippen molar-refractivity contribution in [3.8, 4) is 22.8 Å². The predicted octanol–water partition coefficient (Wildman–Crippen LogP) is 3.82. The fraction of sp³-hybridized carbons (Fsp3) is 0.382. The van der Waals surface area contributed by atoms with Crippen molar-refractivity contribution >= 4 is 17.8 Å². The minimum Gasteiger partial charge on any atom is -0.480 e. The van der Waals surface area contributed by atoms with Gasteiger partial charge in [0.1, 0.15) is 17.5 Å². The second kappa shape index (κ2) is 15.5. The van der Waals surface area contributed by atoms with E-state index in [4.69, 9.17) is 24.1 Å². The van der Waals surface area contributed by atoms with Crippen LogP contribution in [-0.4, -0.2) is 96.0 Å². The molecule has 0 radical (unpaired) electrons. The van der Waals surface area contributed by atoms with E-state index in [2.05, 4.69) is 25.9 Å². The number of rotatable bonds is 11. The Morgan fingerprint density at radius 1 is 1.06 bits per heavy atom. The zero-order chi connectivity index (χ0) is 34.3. The number of amides is 3. The molecule has 0 unspecified atom stereocenters. The number of hydrogen-bond donors (Lipinski definition) is 3. The summed E-state index contributed by atoms with van der Waals surface area (Å²) in [7, 11) is 3.05. The fourth-order valence-corrected chi connectivity index (χ4v) is 5.94. The molecule has 3 aromatic heterocycles. The molecule has 258 valence electrons. The molecule has 2 saturated heterocycles. The molecule has 3 N–H and O–H groups in total. The van der Waals surface area contributed by atoms with Crippen molar-refractivity contribution in [1.82, 2.24) is 35.4 Å². The maximum absolute atomic E-state index is 14.1. The first kappa shape index (κ1) is 33.9. The average molecular weight is 675 g/mol. The predicted molar refractivity (Wildman–Crippen MR) is 177 cm³/mol. The van der Waals surface area contributed by atoms with E-state index in [9.17, 15) is 14.0 Å². The quantitative estimate of drug-likeness (QED) is 0.200. The molecule has 2 aliphatic rings. The number of nitrogens with zero attached hydrogens (tertiary/aromatic N) is 5. The molecule has 2 fully saturated rings. The standard InChI is InChI=1S/C34H39FN8O6/c1-21-29(23-17-26(33(47-3)37-19-23)32(44)38-24-10-14-48-15-11-24)41-43(25-7-5-4-6-8-25)31(21)40-34(45)39-27-20-42(13-16-46-2)49-30(27)22-9-12-36-28(35)18-22/h4-9,12,17-19,24,27,30H,10-11,13-16,20H2,1-3H3,(H,38,44)(H2,39,40,45)/t27-,30+/m1/s1. The Balaban J connectivity index is 1.29. The van der Waals surface area contributed by atoms with Crippen LogP contribution >= 0.6 is 0 Å². The normalized spacial score (nSPS) is 18.3. The average Bonchev–Trinajstić information content (AvgIpc) is 3.67. The van der Waals surface area contributed by atoms with Crippen molar-refractivity contribution in [2.75, 3.05) is 52.4 Å². The van der Waals surface area contributed by atoms with Crippen LogP contribution in [-0.2, 0) is 14.3 Å². The topological polar surface area (TPSA) is 154 Å². The van der Waals surface area contributed by atoms with Gasteiger partial charge in [-0.1, -0.05) is 18.2 Å². The van der Waals surface area contributed by atoms with Gasteiger partial charge in [-0.05, 0) is 55.7 Å². The van der Waals surface area contributed by atoms with Gasteiger partial charge in [0.25, 0.3) is 5.91 Å². The Labute approximate surface area is 282 Å². The highest BCUT2D eigenvalue weighted by Crippen LogP contribution is 2.33. The second-order valence-corrected chi connectivity index (χ2v) is 11.7. The van der Waals surface area contributed by atoms with E-state index in [1.807, 2.05) is 37.3 Å². The van der Waals surface area contributed by atoms with Crippen LogP contribution in [0.1, 0.15) is 40.4 Å². The third-order valence-electron chi connectivity index (χ3n) is 8.44. The van der Waals surface area contributed by atoms with Crippen LogP contribution in [0.4, 0.5) is 15.0 Å². The maximum atomic E-state index is 14.1. The number of carbonyl (C=O) groups is 2. The number of aromatic nitrogens is 4. The summed E-state index contributed by atoms with van der Waals surface area (Å²) in [5.74, 6) is -0.359. The lowest BCUT2D eigenvalue weighted by molar-refractivity contribution is -0.154. The van der Waals surface area contributed by atoms with Crippen LogP contribution in [0, 0.1) is 12.9 Å². The molecule has 0 bridgehead atoms. The number of urea groups is 1. The Morgan fingerprint density at radius 3 is 2.59 bits per heavy atom. The van der Waals surface area contributed by atoms with Gasteiger partial charge in [0.15, 0.2) is 0 Å². The highest BCUT2D eigenvalue weighted by molar-refractivity contribution is 5.98. The van der Waals surface area contributed by atoms with Gasteiger partial charge in [-0.3, -0.25) is 14.9 Å². The summed E-state index contributed by atoms with van der Waals surface area (Å²) < 4.78 is 31.7. The molecule has 5 heterocycles. The van der Waals surface area contributed by atoms with Crippen molar-refractivity contribution < 1.29 is 33.0 Å². The molecule has 0 spiro atoms. The van der Waals surface area contributed by atoms with Crippen LogP contribution in [0.25, 0.3) is 16.9 Å². The summed E-state index contributed by atoms with van der Waals surface area (Å²) in [6, 6.07) is 12.9. The SMILES string of the molecule is COCCN1C[C@@H](NC(=O)Nc2c(C)c(-c3cnc(OC)c(C(=O)NC4CCOCC4)c3)nn2-c2ccccc2)[C@H](c2ccnc(F)c2)O1. The van der Waals surface area contributed by atoms with E-state index in [1.54, 1.807) is 35.2 Å². The minimum absolute atomic E-state index is 0.0162. The van der Waals surface area contributed by atoms with E-state index in [-0.39, 0.29) is 23.4 Å². The van der Waals surface area contributed by atoms with Gasteiger partial charge in [-0.2, -0.15) is 14.6 Å². The van der Waals surface area contributed by atoms with E-state index >= 15 is 0 Å². The van der Waals surface area contributed by atoms with Gasteiger partial charge < -0.3 is 24.8 Å². The first-order valence-corrected chi connectivity index (χ1v) is 16.0. The molecule has 14 nitrogen and oxygen atoms in total. The summed E-state index contributed by atoms with van der Waals surface area (Å²) in [6.45, 7) is 4.20. The van der Waals surface area contributed by atoms with Gasteiger partial charge in [0.2, 0.25) is 11.8 Å².